The molecule has 0 bridgehead atoms. The average molecular weight is 447 g/mol. The first-order valence-corrected chi connectivity index (χ1v) is 9.33. The van der Waals surface area contributed by atoms with Crippen LogP contribution < -0.4 is 5.32 Å². The lowest BCUT2D eigenvalue weighted by Gasteiger charge is -2.13. The summed E-state index contributed by atoms with van der Waals surface area (Å²) in [6, 6.07) is 6.79. The number of carbonyl (C=O) groups is 1. The van der Waals surface area contributed by atoms with Crippen molar-refractivity contribution in [3.05, 3.63) is 68.2 Å². The van der Waals surface area contributed by atoms with Gasteiger partial charge in [0, 0.05) is 5.69 Å². The molecule has 0 spiro atoms. The van der Waals surface area contributed by atoms with E-state index < -0.39 is 11.0 Å². The van der Waals surface area contributed by atoms with E-state index in [1.165, 1.54) is 10.9 Å². The van der Waals surface area contributed by atoms with Crippen LogP contribution in [0.15, 0.2) is 41.1 Å². The Kier molecular flexibility index (Phi) is 5.59. The molecule has 2 aromatic heterocycles. The van der Waals surface area contributed by atoms with Crippen LogP contribution in [0.1, 0.15) is 29.9 Å². The second-order valence-corrected chi connectivity index (χ2v) is 7.24. The number of aryl methyl sites for hydroxylation is 1. The number of benzene rings is 1. The standard InChI is InChI=1S/C18H19BrN6O3/c1-11-17(19)12(2)24(22-11)9-14-5-4-6-15(7-14)21-18(26)13(3)23-10-16(8-20-23)25(27)28/h4-8,10,13H,9H2,1-3H3,(H,21,26). The van der Waals surface area contributed by atoms with Gasteiger partial charge in [0.05, 0.1) is 27.3 Å². The lowest BCUT2D eigenvalue weighted by Crippen LogP contribution is -2.24. The number of nitro groups is 1. The summed E-state index contributed by atoms with van der Waals surface area (Å²) in [5.41, 5.74) is 3.41. The van der Waals surface area contributed by atoms with E-state index in [9.17, 15) is 14.9 Å². The number of amides is 1. The van der Waals surface area contributed by atoms with E-state index in [1.54, 1.807) is 13.0 Å². The monoisotopic (exact) mass is 446 g/mol. The highest BCUT2D eigenvalue weighted by Crippen LogP contribution is 2.22. The summed E-state index contributed by atoms with van der Waals surface area (Å²) in [6.45, 7) is 6.12. The number of aromatic nitrogens is 4. The van der Waals surface area contributed by atoms with Crippen LogP contribution in [-0.4, -0.2) is 30.4 Å². The highest BCUT2D eigenvalue weighted by Gasteiger charge is 2.19. The van der Waals surface area contributed by atoms with Gasteiger partial charge < -0.3 is 5.32 Å². The van der Waals surface area contributed by atoms with Gasteiger partial charge in [-0.1, -0.05) is 12.1 Å². The molecule has 0 aliphatic heterocycles. The fourth-order valence-electron chi connectivity index (χ4n) is 2.75. The van der Waals surface area contributed by atoms with Gasteiger partial charge >= 0.3 is 5.69 Å². The molecule has 1 unspecified atom stereocenters. The molecule has 0 aliphatic carbocycles. The van der Waals surface area contributed by atoms with Crippen LogP contribution in [0.4, 0.5) is 11.4 Å². The Morgan fingerprint density at radius 1 is 1.39 bits per heavy atom. The molecule has 9 nitrogen and oxygen atoms in total. The zero-order chi connectivity index (χ0) is 20.4. The predicted molar refractivity (Wildman–Crippen MR) is 107 cm³/mol. The zero-order valence-corrected chi connectivity index (χ0v) is 17.2. The highest BCUT2D eigenvalue weighted by molar-refractivity contribution is 9.10. The summed E-state index contributed by atoms with van der Waals surface area (Å²) in [6.07, 6.45) is 2.36. The Bertz CT molecular complexity index is 1040. The number of rotatable bonds is 6. The number of nitrogens with one attached hydrogen (secondary N) is 1. The van der Waals surface area contributed by atoms with Crippen molar-refractivity contribution < 1.29 is 9.72 Å². The lowest BCUT2D eigenvalue weighted by molar-refractivity contribution is -0.385. The predicted octanol–water partition coefficient (Wildman–Crippen LogP) is 3.62. The highest BCUT2D eigenvalue weighted by atomic mass is 79.9. The van der Waals surface area contributed by atoms with Crippen molar-refractivity contribution in [2.45, 2.75) is 33.4 Å². The summed E-state index contributed by atoms with van der Waals surface area (Å²) in [4.78, 5) is 22.7. The molecule has 2 heterocycles. The van der Waals surface area contributed by atoms with Crippen LogP contribution in [0, 0.1) is 24.0 Å². The average Bonchev–Trinajstić information content (AvgIpc) is 3.24. The maximum atomic E-state index is 12.5. The molecule has 0 radical (unpaired) electrons. The van der Waals surface area contributed by atoms with Crippen molar-refractivity contribution in [3.63, 3.8) is 0 Å². The van der Waals surface area contributed by atoms with Gasteiger partial charge in [0.1, 0.15) is 18.4 Å². The van der Waals surface area contributed by atoms with Gasteiger partial charge in [-0.05, 0) is 54.4 Å². The molecular weight excluding hydrogens is 428 g/mol. The van der Waals surface area contributed by atoms with Crippen molar-refractivity contribution in [2.75, 3.05) is 5.32 Å². The third-order valence-corrected chi connectivity index (χ3v) is 5.54. The van der Waals surface area contributed by atoms with E-state index in [0.717, 1.165) is 27.6 Å². The molecule has 0 saturated carbocycles. The van der Waals surface area contributed by atoms with Crippen LogP contribution >= 0.6 is 15.9 Å². The minimum Gasteiger partial charge on any atom is -0.324 e. The van der Waals surface area contributed by atoms with Gasteiger partial charge in [-0.25, -0.2) is 0 Å². The molecule has 1 atom stereocenters. The van der Waals surface area contributed by atoms with Crippen LogP contribution in [0.3, 0.4) is 0 Å². The molecule has 1 N–H and O–H groups in total. The number of halogens is 1. The Morgan fingerprint density at radius 2 is 2.14 bits per heavy atom. The van der Waals surface area contributed by atoms with Gasteiger partial charge in [-0.3, -0.25) is 24.3 Å². The maximum absolute atomic E-state index is 12.5. The largest absolute Gasteiger partial charge is 0.324 e. The van der Waals surface area contributed by atoms with Crippen molar-refractivity contribution in [2.24, 2.45) is 0 Å². The van der Waals surface area contributed by atoms with Crippen molar-refractivity contribution in [1.29, 1.82) is 0 Å². The van der Waals surface area contributed by atoms with Crippen molar-refractivity contribution in [3.8, 4) is 0 Å². The van der Waals surface area contributed by atoms with Crippen LogP contribution in [0.25, 0.3) is 0 Å². The molecule has 0 saturated heterocycles. The summed E-state index contributed by atoms with van der Waals surface area (Å²) < 4.78 is 4.15. The zero-order valence-electron chi connectivity index (χ0n) is 15.6. The number of anilines is 1. The van der Waals surface area contributed by atoms with Crippen LogP contribution in [0.5, 0.6) is 0 Å². The second-order valence-electron chi connectivity index (χ2n) is 6.44. The third kappa shape index (κ3) is 4.11. The molecule has 0 fully saturated rings. The molecular formula is C18H19BrN6O3. The smallest absolute Gasteiger partial charge is 0.307 e. The van der Waals surface area contributed by atoms with Crippen molar-refractivity contribution in [1.82, 2.24) is 19.6 Å². The second kappa shape index (κ2) is 7.93. The van der Waals surface area contributed by atoms with E-state index in [0.29, 0.717) is 12.2 Å². The molecule has 0 aliphatic rings. The first-order chi connectivity index (χ1) is 13.3. The molecule has 1 amide bonds. The molecule has 3 rings (SSSR count). The van der Waals surface area contributed by atoms with Gasteiger partial charge in [-0.2, -0.15) is 10.2 Å². The molecule has 1 aromatic carbocycles. The van der Waals surface area contributed by atoms with E-state index in [1.807, 2.05) is 36.7 Å². The first-order valence-electron chi connectivity index (χ1n) is 8.54. The summed E-state index contributed by atoms with van der Waals surface area (Å²) >= 11 is 3.52. The third-order valence-electron chi connectivity index (χ3n) is 4.39. The Morgan fingerprint density at radius 3 is 2.75 bits per heavy atom. The first kappa shape index (κ1) is 19.7. The van der Waals surface area contributed by atoms with Gasteiger partial charge in [0.2, 0.25) is 5.91 Å². The fourth-order valence-corrected chi connectivity index (χ4v) is 3.03. The topological polar surface area (TPSA) is 108 Å². The minimum absolute atomic E-state index is 0.155. The molecule has 146 valence electrons. The van der Waals surface area contributed by atoms with E-state index in [2.05, 4.69) is 31.4 Å². The molecule has 3 aromatic rings. The summed E-state index contributed by atoms with van der Waals surface area (Å²) in [5.74, 6) is -0.316. The fraction of sp³-hybridized carbons (Fsp3) is 0.278. The molecule has 28 heavy (non-hydrogen) atoms. The minimum atomic E-state index is -0.690. The molecule has 10 heteroatoms. The Hall–Kier alpha value is -3.01. The van der Waals surface area contributed by atoms with Gasteiger partial charge in [-0.15, -0.1) is 0 Å². The van der Waals surface area contributed by atoms with E-state index in [-0.39, 0.29) is 11.6 Å². The lowest BCUT2D eigenvalue weighted by atomic mass is 10.2. The summed E-state index contributed by atoms with van der Waals surface area (Å²) in [7, 11) is 0. The van der Waals surface area contributed by atoms with E-state index >= 15 is 0 Å². The number of nitrogens with zero attached hydrogens (tertiary/aromatic N) is 5. The maximum Gasteiger partial charge on any atom is 0.307 e. The number of hydrogen-bond acceptors (Lipinski definition) is 5. The normalized spacial score (nSPS) is 12.0. The number of hydrogen-bond donors (Lipinski definition) is 1. The SMILES string of the molecule is Cc1nn(Cc2cccc(NC(=O)C(C)n3cc([N+](=O)[O-])cn3)c2)c(C)c1Br. The number of carbonyl (C=O) groups excluding carboxylic acids is 1. The van der Waals surface area contributed by atoms with Gasteiger partial charge in [0.25, 0.3) is 0 Å². The summed E-state index contributed by atoms with van der Waals surface area (Å²) in [5, 5.41) is 22.0. The Labute approximate surface area is 169 Å². The van der Waals surface area contributed by atoms with Gasteiger partial charge in [0.15, 0.2) is 0 Å². The quantitative estimate of drug-likeness (QED) is 0.459. The Balaban J connectivity index is 1.72. The van der Waals surface area contributed by atoms with E-state index in [4.69, 9.17) is 0 Å². The van der Waals surface area contributed by atoms with Crippen molar-refractivity contribution >= 4 is 33.2 Å². The van der Waals surface area contributed by atoms with Crippen LogP contribution in [0.2, 0.25) is 0 Å². The van der Waals surface area contributed by atoms with Crippen LogP contribution in [-0.2, 0) is 11.3 Å².